The number of hydrogen-bond donors (Lipinski definition) is 1. The van der Waals surface area contributed by atoms with Gasteiger partial charge < -0.3 is 4.42 Å². The maximum Gasteiger partial charge on any atom is 0.271 e. The largest absolute Gasteiger partial charge is 0.430 e. The van der Waals surface area contributed by atoms with Crippen molar-refractivity contribution in [3.63, 3.8) is 0 Å². The molecule has 1 heterocycles. The van der Waals surface area contributed by atoms with E-state index in [-0.39, 0.29) is 4.87 Å². The lowest BCUT2D eigenvalue weighted by Crippen LogP contribution is -1.85. The van der Waals surface area contributed by atoms with Gasteiger partial charge in [0.1, 0.15) is 5.76 Å². The van der Waals surface area contributed by atoms with Crippen LogP contribution in [0.15, 0.2) is 28.0 Å². The van der Waals surface area contributed by atoms with Crippen molar-refractivity contribution in [3.05, 3.63) is 39.6 Å². The van der Waals surface area contributed by atoms with Crippen LogP contribution >= 0.6 is 11.3 Å². The second kappa shape index (κ2) is 3.42. The molecule has 1 aromatic carbocycles. The number of aryl methyl sites for hydroxylation is 2. The van der Waals surface area contributed by atoms with E-state index in [9.17, 15) is 0 Å². The number of benzene rings is 1. The first kappa shape index (κ1) is 9.21. The first-order chi connectivity index (χ1) is 6.66. The zero-order valence-corrected chi connectivity index (χ0v) is 8.94. The van der Waals surface area contributed by atoms with Gasteiger partial charge in [0.25, 0.3) is 4.87 Å². The average Bonchev–Trinajstić information content (AvgIpc) is 2.51. The highest BCUT2D eigenvalue weighted by Gasteiger charge is 2.05. The van der Waals surface area contributed by atoms with E-state index in [2.05, 4.69) is 26.0 Å². The molecule has 0 saturated carbocycles. The van der Waals surface area contributed by atoms with E-state index in [1.54, 1.807) is 0 Å². The molecule has 3 heteroatoms. The summed E-state index contributed by atoms with van der Waals surface area (Å²) in [5, 5.41) is 9.20. The first-order valence-corrected chi connectivity index (χ1v) is 5.25. The molecule has 0 atom stereocenters. The summed E-state index contributed by atoms with van der Waals surface area (Å²) in [6.45, 7) is 4.12. The molecule has 2 nitrogen and oxygen atoms in total. The van der Waals surface area contributed by atoms with Crippen molar-refractivity contribution in [2.75, 3.05) is 0 Å². The van der Waals surface area contributed by atoms with Crippen molar-refractivity contribution in [2.24, 2.45) is 0 Å². The van der Waals surface area contributed by atoms with Crippen LogP contribution in [0.2, 0.25) is 0 Å². The Morgan fingerprint density at radius 1 is 1.29 bits per heavy atom. The lowest BCUT2D eigenvalue weighted by molar-refractivity contribution is 0.528. The lowest BCUT2D eigenvalue weighted by atomic mass is 10.0. The predicted molar refractivity (Wildman–Crippen MR) is 57.3 cm³/mol. The summed E-state index contributed by atoms with van der Waals surface area (Å²) >= 11 is 1.31. The number of rotatable bonds is 1. The summed E-state index contributed by atoms with van der Waals surface area (Å²) in [4.78, 5) is 0.250. The van der Waals surface area contributed by atoms with Crippen molar-refractivity contribution in [1.82, 2.24) is 0 Å². The maximum atomic E-state index is 7.33. The molecule has 0 fully saturated rings. The van der Waals surface area contributed by atoms with Crippen molar-refractivity contribution < 1.29 is 4.42 Å². The maximum absolute atomic E-state index is 7.33. The topological polar surface area (TPSA) is 37.0 Å². The third-order valence-electron chi connectivity index (χ3n) is 2.12. The Morgan fingerprint density at radius 2 is 2.07 bits per heavy atom. The smallest absolute Gasteiger partial charge is 0.271 e. The van der Waals surface area contributed by atoms with Crippen molar-refractivity contribution in [2.45, 2.75) is 13.8 Å². The van der Waals surface area contributed by atoms with Gasteiger partial charge in [-0.15, -0.1) is 0 Å². The zero-order valence-electron chi connectivity index (χ0n) is 8.13. The Kier molecular flexibility index (Phi) is 2.25. The van der Waals surface area contributed by atoms with Crippen molar-refractivity contribution in [1.29, 1.82) is 5.41 Å². The SMILES string of the molecule is Cc1ccc(-c2csc(=N)o2)c(C)c1. The molecule has 1 N–H and O–H groups in total. The molecule has 0 amide bonds. The van der Waals surface area contributed by atoms with Gasteiger partial charge in [0.15, 0.2) is 0 Å². The summed E-state index contributed by atoms with van der Waals surface area (Å²) in [7, 11) is 0. The minimum atomic E-state index is 0.250. The summed E-state index contributed by atoms with van der Waals surface area (Å²) < 4.78 is 5.28. The monoisotopic (exact) mass is 205 g/mol. The van der Waals surface area contributed by atoms with Crippen LogP contribution in [0.25, 0.3) is 11.3 Å². The fourth-order valence-corrected chi connectivity index (χ4v) is 1.99. The van der Waals surface area contributed by atoms with Gasteiger partial charge in [0.2, 0.25) is 0 Å². The molecule has 2 aromatic rings. The van der Waals surface area contributed by atoms with Gasteiger partial charge in [-0.25, -0.2) is 0 Å². The minimum absolute atomic E-state index is 0.250. The van der Waals surface area contributed by atoms with Crippen LogP contribution in [0.5, 0.6) is 0 Å². The molecule has 0 aliphatic carbocycles. The summed E-state index contributed by atoms with van der Waals surface area (Å²) in [5.74, 6) is 0.789. The predicted octanol–water partition coefficient (Wildman–Crippen LogP) is 3.10. The van der Waals surface area contributed by atoms with Gasteiger partial charge in [-0.3, -0.25) is 5.41 Å². The van der Waals surface area contributed by atoms with Gasteiger partial charge in [-0.1, -0.05) is 35.1 Å². The van der Waals surface area contributed by atoms with E-state index >= 15 is 0 Å². The van der Waals surface area contributed by atoms with Crippen LogP contribution in [0.4, 0.5) is 0 Å². The minimum Gasteiger partial charge on any atom is -0.430 e. The number of nitrogens with one attached hydrogen (secondary N) is 1. The Labute approximate surface area is 86.3 Å². The molecule has 0 saturated heterocycles. The highest BCUT2D eigenvalue weighted by molar-refractivity contribution is 7.07. The second-order valence-electron chi connectivity index (χ2n) is 3.31. The molecular weight excluding hydrogens is 194 g/mol. The fourth-order valence-electron chi connectivity index (χ4n) is 1.46. The molecule has 1 aromatic heterocycles. The Morgan fingerprint density at radius 3 is 2.64 bits per heavy atom. The zero-order chi connectivity index (χ0) is 10.1. The van der Waals surface area contributed by atoms with E-state index in [0.29, 0.717) is 0 Å². The lowest BCUT2D eigenvalue weighted by Gasteiger charge is -2.02. The average molecular weight is 205 g/mol. The normalized spacial score (nSPS) is 10.4. The van der Waals surface area contributed by atoms with E-state index in [1.165, 1.54) is 22.5 Å². The first-order valence-electron chi connectivity index (χ1n) is 4.37. The van der Waals surface area contributed by atoms with Gasteiger partial charge in [-0.2, -0.15) is 0 Å². The summed E-state index contributed by atoms with van der Waals surface area (Å²) in [5.41, 5.74) is 3.50. The van der Waals surface area contributed by atoms with Crippen LogP contribution in [-0.4, -0.2) is 0 Å². The molecule has 14 heavy (non-hydrogen) atoms. The highest BCUT2D eigenvalue weighted by Crippen LogP contribution is 2.24. The van der Waals surface area contributed by atoms with Gasteiger partial charge in [-0.05, 0) is 19.4 Å². The van der Waals surface area contributed by atoms with E-state index in [4.69, 9.17) is 9.83 Å². The Hall–Kier alpha value is -1.35. The summed E-state index contributed by atoms with van der Waals surface area (Å²) in [6, 6.07) is 6.21. The van der Waals surface area contributed by atoms with Gasteiger partial charge in [0.05, 0.1) is 0 Å². The second-order valence-corrected chi connectivity index (χ2v) is 4.15. The number of hydrogen-bond acceptors (Lipinski definition) is 3. The van der Waals surface area contributed by atoms with Crippen LogP contribution < -0.4 is 4.87 Å². The van der Waals surface area contributed by atoms with Gasteiger partial charge >= 0.3 is 0 Å². The van der Waals surface area contributed by atoms with Crippen LogP contribution in [0, 0.1) is 19.3 Å². The van der Waals surface area contributed by atoms with Gasteiger partial charge in [0, 0.05) is 10.9 Å². The highest BCUT2D eigenvalue weighted by atomic mass is 32.1. The van der Waals surface area contributed by atoms with Crippen molar-refractivity contribution in [3.8, 4) is 11.3 Å². The van der Waals surface area contributed by atoms with E-state index in [0.717, 1.165) is 11.3 Å². The van der Waals surface area contributed by atoms with Crippen LogP contribution in [0.3, 0.4) is 0 Å². The molecular formula is C11H11NOS. The van der Waals surface area contributed by atoms with Crippen LogP contribution in [0.1, 0.15) is 11.1 Å². The van der Waals surface area contributed by atoms with E-state index < -0.39 is 0 Å². The fraction of sp³-hybridized carbons (Fsp3) is 0.182. The van der Waals surface area contributed by atoms with Crippen molar-refractivity contribution >= 4 is 11.3 Å². The molecule has 0 unspecified atom stereocenters. The molecule has 0 aliphatic rings. The molecule has 0 aliphatic heterocycles. The van der Waals surface area contributed by atoms with E-state index in [1.807, 2.05) is 11.4 Å². The standard InChI is InChI=1S/C11H11NOS/c1-7-3-4-9(8(2)5-7)10-6-14-11(12)13-10/h3-6,12H,1-2H3. The molecule has 0 bridgehead atoms. The molecule has 2 rings (SSSR count). The third-order valence-corrected chi connectivity index (χ3v) is 2.75. The molecule has 0 spiro atoms. The molecule has 0 radical (unpaired) electrons. The molecule has 72 valence electrons. The summed E-state index contributed by atoms with van der Waals surface area (Å²) in [6.07, 6.45) is 0. The quantitative estimate of drug-likeness (QED) is 0.763. The Bertz CT molecular complexity index is 510. The van der Waals surface area contributed by atoms with Crippen LogP contribution in [-0.2, 0) is 0 Å². The third kappa shape index (κ3) is 1.63. The Balaban J connectivity index is 2.57.